The Bertz CT molecular complexity index is 636. The van der Waals surface area contributed by atoms with Gasteiger partial charge in [0.25, 0.3) is 0 Å². The predicted molar refractivity (Wildman–Crippen MR) is 84.7 cm³/mol. The third-order valence-corrected chi connectivity index (χ3v) is 3.05. The summed E-state index contributed by atoms with van der Waals surface area (Å²) in [7, 11) is 0. The Morgan fingerprint density at radius 1 is 1.05 bits per heavy atom. The molecule has 0 fully saturated rings. The van der Waals surface area contributed by atoms with E-state index in [0.717, 1.165) is 16.9 Å². The van der Waals surface area contributed by atoms with Crippen molar-refractivity contribution in [2.45, 2.75) is 13.0 Å². The number of rotatable bonds is 6. The van der Waals surface area contributed by atoms with Gasteiger partial charge >= 0.3 is 5.97 Å². The van der Waals surface area contributed by atoms with Gasteiger partial charge < -0.3 is 15.6 Å². The minimum atomic E-state index is -0.934. The van der Waals surface area contributed by atoms with E-state index in [9.17, 15) is 4.79 Å². The monoisotopic (exact) mass is 301 g/mol. The molecule has 0 aliphatic rings. The van der Waals surface area contributed by atoms with Crippen LogP contribution in [0, 0.1) is 0 Å². The van der Waals surface area contributed by atoms with Gasteiger partial charge in [0.15, 0.2) is 0 Å². The lowest BCUT2D eigenvalue weighted by atomic mass is 10.1. The van der Waals surface area contributed by atoms with Gasteiger partial charge in [0.05, 0.1) is 10.6 Å². The van der Waals surface area contributed by atoms with Gasteiger partial charge in [0.1, 0.15) is 12.4 Å². The van der Waals surface area contributed by atoms with Crippen LogP contribution in [0.15, 0.2) is 48.5 Å². The molecule has 2 aromatic rings. The second kappa shape index (κ2) is 6.85. The molecule has 0 radical (unpaired) electrons. The summed E-state index contributed by atoms with van der Waals surface area (Å²) >= 11 is 4.86. The van der Waals surface area contributed by atoms with E-state index in [1.807, 2.05) is 24.3 Å². The highest BCUT2D eigenvalue weighted by Crippen LogP contribution is 2.15. The van der Waals surface area contributed by atoms with Crippen molar-refractivity contribution in [1.82, 2.24) is 0 Å². The zero-order valence-electron chi connectivity index (χ0n) is 11.3. The predicted octanol–water partition coefficient (Wildman–Crippen LogP) is 2.79. The van der Waals surface area contributed by atoms with Gasteiger partial charge in [-0.3, -0.25) is 0 Å². The summed E-state index contributed by atoms with van der Waals surface area (Å²) in [6, 6.07) is 14.2. The van der Waals surface area contributed by atoms with Crippen molar-refractivity contribution in [3.05, 3.63) is 65.2 Å². The molecule has 0 aromatic heterocycles. The molecule has 21 heavy (non-hydrogen) atoms. The molecule has 2 rings (SSSR count). The lowest BCUT2D eigenvalue weighted by Gasteiger charge is -2.07. The van der Waals surface area contributed by atoms with E-state index in [1.165, 1.54) is 0 Å². The smallest absolute Gasteiger partial charge is 0.335 e. The molecule has 0 saturated carbocycles. The molecule has 0 unspecified atom stereocenters. The normalized spacial score (nSPS) is 10.1. The van der Waals surface area contributed by atoms with Crippen LogP contribution in [0.4, 0.5) is 0 Å². The molecule has 4 nitrogen and oxygen atoms in total. The van der Waals surface area contributed by atoms with E-state index < -0.39 is 5.97 Å². The van der Waals surface area contributed by atoms with E-state index in [-0.39, 0.29) is 5.56 Å². The molecule has 0 saturated heterocycles. The number of nitrogens with two attached hydrogens (primary N) is 1. The molecule has 0 atom stereocenters. The second-order valence-electron chi connectivity index (χ2n) is 4.58. The average molecular weight is 301 g/mol. The zero-order chi connectivity index (χ0) is 15.2. The van der Waals surface area contributed by atoms with Crippen LogP contribution in [-0.4, -0.2) is 16.1 Å². The molecule has 0 amide bonds. The van der Waals surface area contributed by atoms with Crippen LogP contribution >= 0.6 is 12.2 Å². The first-order valence-corrected chi connectivity index (χ1v) is 6.77. The second-order valence-corrected chi connectivity index (χ2v) is 5.10. The number of thiocarbonyl (C=S) groups is 1. The number of hydrogen-bond acceptors (Lipinski definition) is 3. The van der Waals surface area contributed by atoms with Gasteiger partial charge in [-0.15, -0.1) is 0 Å². The van der Waals surface area contributed by atoms with Crippen molar-refractivity contribution in [1.29, 1.82) is 0 Å². The fourth-order valence-corrected chi connectivity index (χ4v) is 1.98. The lowest BCUT2D eigenvalue weighted by molar-refractivity contribution is 0.0697. The quantitative estimate of drug-likeness (QED) is 0.803. The first kappa shape index (κ1) is 15.0. The summed E-state index contributed by atoms with van der Waals surface area (Å²) in [6.07, 6.45) is 0.576. The fourth-order valence-electron chi connectivity index (χ4n) is 1.81. The summed E-state index contributed by atoms with van der Waals surface area (Å²) in [5.74, 6) is -0.195. The molecular formula is C16H15NO3S. The first-order chi connectivity index (χ1) is 10.0. The fraction of sp³-hybridized carbons (Fsp3) is 0.125. The highest BCUT2D eigenvalue weighted by atomic mass is 32.1. The zero-order valence-corrected chi connectivity index (χ0v) is 12.1. The molecule has 3 N–H and O–H groups in total. The van der Waals surface area contributed by atoms with E-state index in [1.54, 1.807) is 24.3 Å². The Balaban J connectivity index is 1.93. The maximum atomic E-state index is 10.8. The number of hydrogen-bond donors (Lipinski definition) is 2. The third-order valence-electron chi connectivity index (χ3n) is 2.91. The summed E-state index contributed by atoms with van der Waals surface area (Å²) in [5, 5.41) is 8.82. The molecule has 108 valence electrons. The molecule has 0 aliphatic heterocycles. The van der Waals surface area contributed by atoms with E-state index in [4.69, 9.17) is 27.8 Å². The molecule has 0 aliphatic carbocycles. The van der Waals surface area contributed by atoms with Gasteiger partial charge in [0, 0.05) is 6.42 Å². The minimum absolute atomic E-state index is 0.265. The van der Waals surface area contributed by atoms with E-state index in [2.05, 4.69) is 0 Å². The number of carbonyl (C=O) groups is 1. The number of carboxylic acids is 1. The maximum Gasteiger partial charge on any atom is 0.335 e. The highest BCUT2D eigenvalue weighted by molar-refractivity contribution is 7.80. The molecular weight excluding hydrogens is 286 g/mol. The molecule has 2 aromatic carbocycles. The van der Waals surface area contributed by atoms with Crippen molar-refractivity contribution >= 4 is 23.2 Å². The highest BCUT2D eigenvalue weighted by Gasteiger charge is 2.02. The Kier molecular flexibility index (Phi) is 4.90. The van der Waals surface area contributed by atoms with Crippen molar-refractivity contribution in [3.8, 4) is 5.75 Å². The number of benzene rings is 2. The number of carboxylic acid groups (broad SMARTS) is 1. The van der Waals surface area contributed by atoms with Crippen LogP contribution < -0.4 is 10.5 Å². The number of aromatic carboxylic acids is 1. The van der Waals surface area contributed by atoms with Crippen molar-refractivity contribution in [2.75, 3.05) is 0 Å². The van der Waals surface area contributed by atoms with Crippen LogP contribution in [0.1, 0.15) is 21.5 Å². The Morgan fingerprint density at radius 3 is 2.14 bits per heavy atom. The minimum Gasteiger partial charge on any atom is -0.489 e. The standard InChI is InChI=1S/C16H15NO3S/c17-15(21)9-11-3-7-14(8-4-11)20-10-12-1-5-13(6-2-12)16(18)19/h1-8H,9-10H2,(H2,17,21)(H,18,19). The maximum absolute atomic E-state index is 10.8. The molecule has 5 heteroatoms. The Labute approximate surface area is 128 Å². The Hall–Kier alpha value is -2.40. The summed E-state index contributed by atoms with van der Waals surface area (Å²) < 4.78 is 5.64. The van der Waals surface area contributed by atoms with Gasteiger partial charge in [-0.05, 0) is 35.4 Å². The lowest BCUT2D eigenvalue weighted by Crippen LogP contribution is -2.10. The van der Waals surface area contributed by atoms with Gasteiger partial charge in [-0.25, -0.2) is 4.79 Å². The van der Waals surface area contributed by atoms with Gasteiger partial charge in [0.2, 0.25) is 0 Å². The number of ether oxygens (including phenoxy) is 1. The van der Waals surface area contributed by atoms with Crippen molar-refractivity contribution < 1.29 is 14.6 Å². The van der Waals surface area contributed by atoms with Crippen LogP contribution in [0.25, 0.3) is 0 Å². The molecule has 0 heterocycles. The average Bonchev–Trinajstić information content (AvgIpc) is 2.46. The van der Waals surface area contributed by atoms with Gasteiger partial charge in [-0.2, -0.15) is 0 Å². The first-order valence-electron chi connectivity index (χ1n) is 6.37. The van der Waals surface area contributed by atoms with Crippen molar-refractivity contribution in [2.24, 2.45) is 5.73 Å². The topological polar surface area (TPSA) is 72.5 Å². The SMILES string of the molecule is NC(=S)Cc1ccc(OCc2ccc(C(=O)O)cc2)cc1. The van der Waals surface area contributed by atoms with Crippen LogP contribution in [-0.2, 0) is 13.0 Å². The summed E-state index contributed by atoms with van der Waals surface area (Å²) in [6.45, 7) is 0.383. The van der Waals surface area contributed by atoms with Crippen molar-refractivity contribution in [3.63, 3.8) is 0 Å². The summed E-state index contributed by atoms with van der Waals surface area (Å²) in [4.78, 5) is 11.2. The summed E-state index contributed by atoms with van der Waals surface area (Å²) in [5.41, 5.74) is 7.71. The Morgan fingerprint density at radius 2 is 1.62 bits per heavy atom. The van der Waals surface area contributed by atoms with E-state index >= 15 is 0 Å². The van der Waals surface area contributed by atoms with Crippen LogP contribution in [0.5, 0.6) is 5.75 Å². The molecule has 0 spiro atoms. The van der Waals surface area contributed by atoms with E-state index in [0.29, 0.717) is 18.0 Å². The molecule has 0 bridgehead atoms. The van der Waals surface area contributed by atoms with Gasteiger partial charge in [-0.1, -0.05) is 36.5 Å². The third kappa shape index (κ3) is 4.57. The van der Waals surface area contributed by atoms with Crippen LogP contribution in [0.2, 0.25) is 0 Å². The largest absolute Gasteiger partial charge is 0.489 e. The van der Waals surface area contributed by atoms with Crippen LogP contribution in [0.3, 0.4) is 0 Å².